The van der Waals surface area contributed by atoms with Gasteiger partial charge in [-0.3, -0.25) is 4.79 Å². The summed E-state index contributed by atoms with van der Waals surface area (Å²) in [6, 6.07) is 21.1. The average molecular weight is 472 g/mol. The first-order valence-corrected chi connectivity index (χ1v) is 12.5. The number of hydrogen-bond acceptors (Lipinski definition) is 3. The van der Waals surface area contributed by atoms with Gasteiger partial charge in [0.15, 0.2) is 0 Å². The van der Waals surface area contributed by atoms with Gasteiger partial charge in [0.1, 0.15) is 5.75 Å². The third kappa shape index (κ3) is 5.87. The van der Waals surface area contributed by atoms with E-state index in [0.29, 0.717) is 6.42 Å². The van der Waals surface area contributed by atoms with Gasteiger partial charge in [0.05, 0.1) is 12.5 Å². The van der Waals surface area contributed by atoms with Gasteiger partial charge in [-0.2, -0.15) is 0 Å². The number of fused-ring (bicyclic) bond motifs is 1. The number of aliphatic carboxylic acids is 1. The summed E-state index contributed by atoms with van der Waals surface area (Å²) in [5.41, 5.74) is 7.51. The van der Waals surface area contributed by atoms with Crippen molar-refractivity contribution in [1.29, 1.82) is 0 Å². The minimum Gasteiger partial charge on any atom is -0.493 e. The van der Waals surface area contributed by atoms with Crippen molar-refractivity contribution in [3.05, 3.63) is 82.9 Å². The van der Waals surface area contributed by atoms with Crippen LogP contribution in [0.4, 0.5) is 5.69 Å². The second-order valence-corrected chi connectivity index (χ2v) is 11.1. The van der Waals surface area contributed by atoms with Crippen LogP contribution in [0.1, 0.15) is 61.8 Å². The second-order valence-electron chi connectivity index (χ2n) is 11.1. The molecular formula is C31H37NO3. The van der Waals surface area contributed by atoms with Crippen molar-refractivity contribution >= 4 is 11.7 Å². The van der Waals surface area contributed by atoms with Gasteiger partial charge in [-0.25, -0.2) is 0 Å². The van der Waals surface area contributed by atoms with Crippen LogP contribution < -0.4 is 9.64 Å². The van der Waals surface area contributed by atoms with E-state index in [1.54, 1.807) is 0 Å². The SMILES string of the molecule is CN(C)c1cc(C(CC(C)(C)C)C(=O)O)c(-c2ccc3c(c2)CCCO3)cc1Cc1ccccc1. The standard InChI is InChI=1S/C31H37NO3/c1-31(2,3)20-27(30(33)34)26-19-28(32(4)5)24(16-21-10-7-6-8-11-21)18-25(26)22-13-14-29-23(17-22)12-9-15-35-29/h6-8,10-11,13-14,17-19,27H,9,12,15-16,20H2,1-5H3,(H,33,34). The maximum Gasteiger partial charge on any atom is 0.311 e. The highest BCUT2D eigenvalue weighted by Crippen LogP contribution is 2.42. The lowest BCUT2D eigenvalue weighted by atomic mass is 9.78. The van der Waals surface area contributed by atoms with E-state index in [1.807, 2.05) is 26.2 Å². The third-order valence-electron chi connectivity index (χ3n) is 6.68. The highest BCUT2D eigenvalue weighted by Gasteiger charge is 2.30. The molecule has 1 aliphatic heterocycles. The highest BCUT2D eigenvalue weighted by atomic mass is 16.5. The summed E-state index contributed by atoms with van der Waals surface area (Å²) in [6.07, 6.45) is 3.33. The van der Waals surface area contributed by atoms with E-state index < -0.39 is 11.9 Å². The predicted molar refractivity (Wildman–Crippen MR) is 144 cm³/mol. The fraction of sp³-hybridized carbons (Fsp3) is 0.387. The Kier molecular flexibility index (Phi) is 7.20. The molecule has 35 heavy (non-hydrogen) atoms. The minimum atomic E-state index is -0.775. The number of benzene rings is 3. The second kappa shape index (κ2) is 10.2. The number of carbonyl (C=O) groups is 1. The lowest BCUT2D eigenvalue weighted by Gasteiger charge is -2.28. The van der Waals surface area contributed by atoms with Crippen LogP contribution >= 0.6 is 0 Å². The number of rotatable bonds is 7. The van der Waals surface area contributed by atoms with Gasteiger partial charge >= 0.3 is 5.97 Å². The quantitative estimate of drug-likeness (QED) is 0.405. The Bertz CT molecular complexity index is 1190. The zero-order valence-electron chi connectivity index (χ0n) is 21.6. The van der Waals surface area contributed by atoms with Gasteiger partial charge in [0.25, 0.3) is 0 Å². The van der Waals surface area contributed by atoms with E-state index >= 15 is 0 Å². The van der Waals surface area contributed by atoms with Crippen molar-refractivity contribution in [3.63, 3.8) is 0 Å². The number of aryl methyl sites for hydroxylation is 1. The summed E-state index contributed by atoms with van der Waals surface area (Å²) < 4.78 is 5.85. The van der Waals surface area contributed by atoms with E-state index in [1.165, 1.54) is 16.7 Å². The first-order chi connectivity index (χ1) is 16.6. The molecule has 1 N–H and O–H groups in total. The van der Waals surface area contributed by atoms with Crippen LogP contribution in [0.25, 0.3) is 11.1 Å². The molecule has 4 nitrogen and oxygen atoms in total. The Hall–Kier alpha value is -3.27. The van der Waals surface area contributed by atoms with E-state index in [-0.39, 0.29) is 5.41 Å². The van der Waals surface area contributed by atoms with Gasteiger partial charge in [-0.05, 0) is 88.7 Å². The monoisotopic (exact) mass is 471 g/mol. The fourth-order valence-electron chi connectivity index (χ4n) is 5.03. The molecule has 0 fully saturated rings. The number of ether oxygens (including phenoxy) is 1. The molecule has 3 aromatic rings. The molecule has 1 atom stereocenters. The topological polar surface area (TPSA) is 49.8 Å². The summed E-state index contributed by atoms with van der Waals surface area (Å²) >= 11 is 0. The molecule has 1 unspecified atom stereocenters. The van der Waals surface area contributed by atoms with Crippen molar-refractivity contribution in [2.45, 2.75) is 52.4 Å². The first-order valence-electron chi connectivity index (χ1n) is 12.5. The summed E-state index contributed by atoms with van der Waals surface area (Å²) in [5.74, 6) is -0.426. The van der Waals surface area contributed by atoms with Crippen LogP contribution in [0.3, 0.4) is 0 Å². The number of nitrogens with zero attached hydrogens (tertiary/aromatic N) is 1. The van der Waals surface area contributed by atoms with Crippen LogP contribution in [0.5, 0.6) is 5.75 Å². The molecule has 0 spiro atoms. The summed E-state index contributed by atoms with van der Waals surface area (Å²) in [7, 11) is 4.06. The Morgan fingerprint density at radius 1 is 1.06 bits per heavy atom. The van der Waals surface area contributed by atoms with Crippen LogP contribution in [0.15, 0.2) is 60.7 Å². The Balaban J connectivity index is 1.92. The summed E-state index contributed by atoms with van der Waals surface area (Å²) in [6.45, 7) is 7.07. The first kappa shape index (κ1) is 24.8. The Morgan fingerprint density at radius 2 is 1.80 bits per heavy atom. The van der Waals surface area contributed by atoms with Gasteiger partial charge in [-0.15, -0.1) is 0 Å². The molecular weight excluding hydrogens is 434 g/mol. The van der Waals surface area contributed by atoms with Gasteiger partial charge in [-0.1, -0.05) is 57.2 Å². The molecule has 0 saturated carbocycles. The predicted octanol–water partition coefficient (Wildman–Crippen LogP) is 6.94. The van der Waals surface area contributed by atoms with Crippen molar-refractivity contribution in [3.8, 4) is 16.9 Å². The van der Waals surface area contributed by atoms with E-state index in [4.69, 9.17) is 4.74 Å². The van der Waals surface area contributed by atoms with Crippen molar-refractivity contribution in [2.24, 2.45) is 5.41 Å². The molecule has 1 aliphatic rings. The maximum atomic E-state index is 12.6. The van der Waals surface area contributed by atoms with Gasteiger partial charge in [0.2, 0.25) is 0 Å². The molecule has 1 heterocycles. The molecule has 0 radical (unpaired) electrons. The number of carboxylic acid groups (broad SMARTS) is 1. The smallest absolute Gasteiger partial charge is 0.311 e. The largest absolute Gasteiger partial charge is 0.493 e. The van der Waals surface area contributed by atoms with Gasteiger partial charge < -0.3 is 14.7 Å². The van der Waals surface area contributed by atoms with Gasteiger partial charge in [0, 0.05) is 19.8 Å². The summed E-state index contributed by atoms with van der Waals surface area (Å²) in [4.78, 5) is 14.7. The molecule has 0 bridgehead atoms. The zero-order valence-corrected chi connectivity index (χ0v) is 21.6. The lowest BCUT2D eigenvalue weighted by molar-refractivity contribution is -0.139. The van der Waals surface area contributed by atoms with Crippen LogP contribution in [-0.4, -0.2) is 31.8 Å². The van der Waals surface area contributed by atoms with Crippen molar-refractivity contribution < 1.29 is 14.6 Å². The number of carboxylic acids is 1. The van der Waals surface area contributed by atoms with Crippen molar-refractivity contribution in [2.75, 3.05) is 25.6 Å². The Labute approximate surface area is 209 Å². The third-order valence-corrected chi connectivity index (χ3v) is 6.68. The van der Waals surface area contributed by atoms with Crippen LogP contribution in [0, 0.1) is 5.41 Å². The van der Waals surface area contributed by atoms with E-state index in [2.05, 4.69) is 74.2 Å². The molecule has 184 valence electrons. The van der Waals surface area contributed by atoms with E-state index in [9.17, 15) is 9.90 Å². The molecule has 4 rings (SSSR count). The zero-order chi connectivity index (χ0) is 25.2. The lowest BCUT2D eigenvalue weighted by Crippen LogP contribution is -2.21. The molecule has 0 aliphatic carbocycles. The molecule has 0 saturated heterocycles. The normalized spacial score (nSPS) is 14.1. The number of hydrogen-bond donors (Lipinski definition) is 1. The highest BCUT2D eigenvalue weighted by molar-refractivity contribution is 5.84. The average Bonchev–Trinajstić information content (AvgIpc) is 2.82. The minimum absolute atomic E-state index is 0.120. The summed E-state index contributed by atoms with van der Waals surface area (Å²) in [5, 5.41) is 10.4. The molecule has 0 aromatic heterocycles. The van der Waals surface area contributed by atoms with Crippen LogP contribution in [0.2, 0.25) is 0 Å². The molecule has 0 amide bonds. The number of anilines is 1. The molecule has 4 heteroatoms. The Morgan fingerprint density at radius 3 is 2.46 bits per heavy atom. The maximum absolute atomic E-state index is 12.6. The van der Waals surface area contributed by atoms with E-state index in [0.717, 1.165) is 54.0 Å². The van der Waals surface area contributed by atoms with Crippen LogP contribution in [-0.2, 0) is 17.6 Å². The van der Waals surface area contributed by atoms with Crippen molar-refractivity contribution in [1.82, 2.24) is 0 Å². The molecule has 3 aromatic carbocycles. The fourth-order valence-corrected chi connectivity index (χ4v) is 5.03.